The molecule has 182 valence electrons. The van der Waals surface area contributed by atoms with E-state index in [1.54, 1.807) is 44.7 Å². The van der Waals surface area contributed by atoms with Crippen LogP contribution in [0.4, 0.5) is 16.4 Å². The van der Waals surface area contributed by atoms with Gasteiger partial charge in [-0.25, -0.2) is 14.8 Å². The summed E-state index contributed by atoms with van der Waals surface area (Å²) in [4.78, 5) is 21.5. The molecular formula is C25H27N5O5. The Labute approximate surface area is 203 Å². The number of carbonyl (C=O) groups is 1. The van der Waals surface area contributed by atoms with Crippen molar-refractivity contribution in [3.63, 3.8) is 0 Å². The van der Waals surface area contributed by atoms with Crippen molar-refractivity contribution in [3.05, 3.63) is 60.8 Å². The minimum atomic E-state index is -0.319. The first kappa shape index (κ1) is 22.9. The molecule has 0 radical (unpaired) electrons. The summed E-state index contributed by atoms with van der Waals surface area (Å²) in [5.74, 6) is 2.00. The average molecular weight is 478 g/mol. The molecule has 10 heteroatoms. The SMILES string of the molecule is COc1ccc(NC(=O)N[C@H]2CO[C@H]3[C@H]2OC[C@H]3Nc2nccc(-c3ccc(OC)cc3)n2)cc1. The van der Waals surface area contributed by atoms with Gasteiger partial charge in [-0.2, -0.15) is 0 Å². The molecule has 0 bridgehead atoms. The first-order valence-corrected chi connectivity index (χ1v) is 11.3. The molecule has 2 saturated heterocycles. The van der Waals surface area contributed by atoms with Crippen molar-refractivity contribution in [2.24, 2.45) is 0 Å². The van der Waals surface area contributed by atoms with Crippen LogP contribution >= 0.6 is 0 Å². The van der Waals surface area contributed by atoms with Gasteiger partial charge >= 0.3 is 6.03 Å². The van der Waals surface area contributed by atoms with E-state index < -0.39 is 0 Å². The van der Waals surface area contributed by atoms with Crippen molar-refractivity contribution in [2.75, 3.05) is 38.1 Å². The van der Waals surface area contributed by atoms with E-state index in [0.29, 0.717) is 24.8 Å². The molecule has 10 nitrogen and oxygen atoms in total. The van der Waals surface area contributed by atoms with Crippen molar-refractivity contribution >= 4 is 17.7 Å². The Bertz CT molecular complexity index is 1160. The quantitative estimate of drug-likeness (QED) is 0.476. The second kappa shape index (κ2) is 10.2. The van der Waals surface area contributed by atoms with Crippen LogP contribution in [0.15, 0.2) is 60.8 Å². The fraction of sp³-hybridized carbons (Fsp3) is 0.320. The minimum Gasteiger partial charge on any atom is -0.497 e. The fourth-order valence-electron chi connectivity index (χ4n) is 4.27. The number of anilines is 2. The van der Waals surface area contributed by atoms with Gasteiger partial charge in [0, 0.05) is 17.4 Å². The predicted molar refractivity (Wildman–Crippen MR) is 130 cm³/mol. The number of ether oxygens (including phenoxy) is 4. The third kappa shape index (κ3) is 5.13. The summed E-state index contributed by atoms with van der Waals surface area (Å²) in [6, 6.07) is 15.9. The Morgan fingerprint density at radius 2 is 1.51 bits per heavy atom. The van der Waals surface area contributed by atoms with E-state index in [9.17, 15) is 4.79 Å². The number of methoxy groups -OCH3 is 2. The number of amides is 2. The van der Waals surface area contributed by atoms with Gasteiger partial charge in [-0.15, -0.1) is 0 Å². The number of hydrogen-bond donors (Lipinski definition) is 3. The Morgan fingerprint density at radius 1 is 0.886 bits per heavy atom. The van der Waals surface area contributed by atoms with Crippen LogP contribution in [0.2, 0.25) is 0 Å². The van der Waals surface area contributed by atoms with E-state index in [2.05, 4.69) is 25.9 Å². The Morgan fingerprint density at radius 3 is 2.20 bits per heavy atom. The number of aromatic nitrogens is 2. The first-order valence-electron chi connectivity index (χ1n) is 11.3. The zero-order valence-corrected chi connectivity index (χ0v) is 19.4. The van der Waals surface area contributed by atoms with Crippen LogP contribution in [-0.2, 0) is 9.47 Å². The highest BCUT2D eigenvalue weighted by Crippen LogP contribution is 2.29. The Kier molecular flexibility index (Phi) is 6.64. The third-order valence-electron chi connectivity index (χ3n) is 6.07. The maximum absolute atomic E-state index is 12.5. The molecule has 1 aromatic heterocycles. The number of rotatable bonds is 7. The van der Waals surface area contributed by atoms with Crippen LogP contribution in [0.3, 0.4) is 0 Å². The lowest BCUT2D eigenvalue weighted by Gasteiger charge is -2.19. The maximum Gasteiger partial charge on any atom is 0.319 e. The highest BCUT2D eigenvalue weighted by atomic mass is 16.6. The van der Waals surface area contributed by atoms with Gasteiger partial charge in [-0.1, -0.05) is 0 Å². The zero-order chi connectivity index (χ0) is 24.2. The molecule has 0 saturated carbocycles. The zero-order valence-electron chi connectivity index (χ0n) is 19.4. The van der Waals surface area contributed by atoms with Gasteiger partial charge in [-0.3, -0.25) is 0 Å². The number of hydrogen-bond acceptors (Lipinski definition) is 8. The molecule has 3 N–H and O–H groups in total. The predicted octanol–water partition coefficient (Wildman–Crippen LogP) is 2.93. The molecule has 5 rings (SSSR count). The molecule has 2 fully saturated rings. The number of urea groups is 1. The molecule has 3 heterocycles. The average Bonchev–Trinajstić information content (AvgIpc) is 3.48. The van der Waals surface area contributed by atoms with Crippen molar-refractivity contribution in [1.82, 2.24) is 15.3 Å². The van der Waals surface area contributed by atoms with Gasteiger partial charge in [0.25, 0.3) is 0 Å². The molecule has 2 aromatic carbocycles. The third-order valence-corrected chi connectivity index (χ3v) is 6.07. The van der Waals surface area contributed by atoms with Gasteiger partial charge < -0.3 is 34.9 Å². The summed E-state index contributed by atoms with van der Waals surface area (Å²) in [5.41, 5.74) is 2.42. The van der Waals surface area contributed by atoms with Crippen molar-refractivity contribution < 1.29 is 23.7 Å². The van der Waals surface area contributed by atoms with Crippen LogP contribution in [0, 0.1) is 0 Å². The van der Waals surface area contributed by atoms with E-state index in [-0.39, 0.29) is 30.3 Å². The number of nitrogens with zero attached hydrogens (tertiary/aromatic N) is 2. The fourth-order valence-corrected chi connectivity index (χ4v) is 4.27. The van der Waals surface area contributed by atoms with Crippen molar-refractivity contribution in [3.8, 4) is 22.8 Å². The van der Waals surface area contributed by atoms with Crippen LogP contribution in [-0.4, -0.2) is 67.7 Å². The number of benzene rings is 2. The molecule has 0 aliphatic carbocycles. The molecular weight excluding hydrogens is 450 g/mol. The summed E-state index contributed by atoms with van der Waals surface area (Å²) < 4.78 is 22.3. The molecule has 35 heavy (non-hydrogen) atoms. The van der Waals surface area contributed by atoms with Crippen LogP contribution in [0.1, 0.15) is 0 Å². The summed E-state index contributed by atoms with van der Waals surface area (Å²) in [6.45, 7) is 0.778. The van der Waals surface area contributed by atoms with E-state index in [1.165, 1.54) is 0 Å². The normalized spacial score (nSPS) is 22.8. The Hall–Kier alpha value is -3.89. The number of nitrogens with one attached hydrogen (secondary N) is 3. The van der Waals surface area contributed by atoms with Gasteiger partial charge in [0.2, 0.25) is 5.95 Å². The molecule has 2 aliphatic heterocycles. The highest BCUT2D eigenvalue weighted by molar-refractivity contribution is 5.89. The molecule has 4 atom stereocenters. The largest absolute Gasteiger partial charge is 0.497 e. The highest BCUT2D eigenvalue weighted by Gasteiger charge is 2.48. The van der Waals surface area contributed by atoms with E-state index >= 15 is 0 Å². The van der Waals surface area contributed by atoms with Crippen LogP contribution in [0.25, 0.3) is 11.3 Å². The molecule has 0 spiro atoms. The standard InChI is InChI=1S/C25H27N5O5/c1-32-17-7-3-15(4-8-17)19-11-12-26-24(28-19)29-20-13-34-23-21(14-35-22(20)23)30-25(31)27-16-5-9-18(33-2)10-6-16/h3-12,20-23H,13-14H2,1-2H3,(H,26,28,29)(H2,27,30,31)/t20-,21+,22-,23+/m1/s1. The number of fused-ring (bicyclic) bond motifs is 1. The second-order valence-corrected chi connectivity index (χ2v) is 8.27. The Balaban J connectivity index is 1.18. The molecule has 3 aromatic rings. The van der Waals surface area contributed by atoms with E-state index in [4.69, 9.17) is 18.9 Å². The van der Waals surface area contributed by atoms with Gasteiger partial charge in [0.15, 0.2) is 0 Å². The lowest BCUT2D eigenvalue weighted by molar-refractivity contribution is 0.0683. The topological polar surface area (TPSA) is 116 Å². The van der Waals surface area contributed by atoms with Crippen molar-refractivity contribution in [1.29, 1.82) is 0 Å². The smallest absolute Gasteiger partial charge is 0.319 e. The minimum absolute atomic E-state index is 0.137. The van der Waals surface area contributed by atoms with Crippen LogP contribution < -0.4 is 25.4 Å². The van der Waals surface area contributed by atoms with E-state index in [0.717, 1.165) is 22.8 Å². The monoisotopic (exact) mass is 477 g/mol. The number of carbonyl (C=O) groups excluding carboxylic acids is 1. The maximum atomic E-state index is 12.5. The molecule has 2 aliphatic rings. The molecule has 0 unspecified atom stereocenters. The second-order valence-electron chi connectivity index (χ2n) is 8.27. The van der Waals surface area contributed by atoms with Crippen molar-refractivity contribution in [2.45, 2.75) is 24.3 Å². The molecule has 2 amide bonds. The lowest BCUT2D eigenvalue weighted by atomic mass is 10.1. The van der Waals surface area contributed by atoms with Gasteiger partial charge in [-0.05, 0) is 54.6 Å². The summed E-state index contributed by atoms with van der Waals surface area (Å²) >= 11 is 0. The van der Waals surface area contributed by atoms with Gasteiger partial charge in [0.1, 0.15) is 23.7 Å². The van der Waals surface area contributed by atoms with E-state index in [1.807, 2.05) is 30.3 Å². The summed E-state index contributed by atoms with van der Waals surface area (Å²) in [5, 5.41) is 9.10. The summed E-state index contributed by atoms with van der Waals surface area (Å²) in [7, 11) is 3.23. The van der Waals surface area contributed by atoms with Crippen LogP contribution in [0.5, 0.6) is 11.5 Å². The first-order chi connectivity index (χ1) is 17.1. The summed E-state index contributed by atoms with van der Waals surface area (Å²) in [6.07, 6.45) is 1.22. The lowest BCUT2D eigenvalue weighted by Crippen LogP contribution is -2.46. The van der Waals surface area contributed by atoms with Gasteiger partial charge in [0.05, 0.1) is 45.2 Å².